The number of phenolic OH excluding ortho intramolecular Hbond substituents is 1. The Morgan fingerprint density at radius 1 is 1.00 bits per heavy atom. The summed E-state index contributed by atoms with van der Waals surface area (Å²) in [5.74, 6) is -3.69. The molecule has 2 aromatic carbocycles. The summed E-state index contributed by atoms with van der Waals surface area (Å²) in [6, 6.07) is 10.5. The van der Waals surface area contributed by atoms with E-state index in [4.69, 9.17) is 5.11 Å². The van der Waals surface area contributed by atoms with Crippen LogP contribution in [0.25, 0.3) is 0 Å². The van der Waals surface area contributed by atoms with Crippen LogP contribution in [0.1, 0.15) is 36.2 Å². The lowest BCUT2D eigenvalue weighted by molar-refractivity contribution is -0.0809. The van der Waals surface area contributed by atoms with E-state index < -0.39 is 12.1 Å². The normalized spacial score (nSPS) is 13.1. The van der Waals surface area contributed by atoms with Crippen molar-refractivity contribution < 1.29 is 18.3 Å². The Kier molecular flexibility index (Phi) is 4.56. The highest BCUT2D eigenvalue weighted by Crippen LogP contribution is 2.43. The van der Waals surface area contributed by atoms with Crippen LogP contribution in [0.3, 0.4) is 0 Å². The monoisotopic (exact) mass is 294 g/mol. The lowest BCUT2D eigenvalue weighted by Gasteiger charge is -2.21. The molecule has 0 amide bonds. The molecule has 0 aromatic heterocycles. The molecular formula is C17H17F3O. The van der Waals surface area contributed by atoms with E-state index in [9.17, 15) is 13.2 Å². The molecule has 21 heavy (non-hydrogen) atoms. The Morgan fingerprint density at radius 2 is 1.57 bits per heavy atom. The summed E-state index contributed by atoms with van der Waals surface area (Å²) in [4.78, 5) is 0. The smallest absolute Gasteiger partial charge is 0.307 e. The molecule has 0 heterocycles. The first-order chi connectivity index (χ1) is 9.95. The van der Waals surface area contributed by atoms with Crippen LogP contribution < -0.4 is 0 Å². The molecule has 2 aromatic rings. The van der Waals surface area contributed by atoms with Gasteiger partial charge in [-0.1, -0.05) is 49.7 Å². The largest absolute Gasteiger partial charge is 0.508 e. The number of phenols is 1. The Bertz CT molecular complexity index is 576. The zero-order chi connectivity index (χ0) is 15.5. The molecule has 1 unspecified atom stereocenters. The first-order valence-corrected chi connectivity index (χ1v) is 6.85. The number of halogens is 3. The van der Waals surface area contributed by atoms with E-state index in [1.165, 1.54) is 36.4 Å². The second kappa shape index (κ2) is 6.20. The van der Waals surface area contributed by atoms with Crippen molar-refractivity contribution in [3.8, 4) is 5.75 Å². The molecule has 112 valence electrons. The minimum atomic E-state index is -3.61. The Morgan fingerprint density at radius 3 is 2.10 bits per heavy atom. The van der Waals surface area contributed by atoms with Crippen LogP contribution in [0.5, 0.6) is 5.75 Å². The van der Waals surface area contributed by atoms with Crippen molar-refractivity contribution in [3.63, 3.8) is 0 Å². The fourth-order valence-corrected chi connectivity index (χ4v) is 2.18. The second-order valence-electron chi connectivity index (χ2n) is 5.02. The maximum Gasteiger partial charge on any atom is 0.307 e. The summed E-state index contributed by atoms with van der Waals surface area (Å²) >= 11 is 0. The molecule has 1 N–H and O–H groups in total. The third kappa shape index (κ3) is 3.38. The van der Waals surface area contributed by atoms with Gasteiger partial charge < -0.3 is 5.11 Å². The van der Waals surface area contributed by atoms with Crippen LogP contribution >= 0.6 is 0 Å². The summed E-state index contributed by atoms with van der Waals surface area (Å²) < 4.78 is 42.6. The van der Waals surface area contributed by atoms with Crippen LogP contribution in [0, 0.1) is 0 Å². The van der Waals surface area contributed by atoms with E-state index in [-0.39, 0.29) is 16.9 Å². The number of aromatic hydroxyl groups is 1. The Labute approximate surface area is 122 Å². The average molecular weight is 294 g/mol. The minimum Gasteiger partial charge on any atom is -0.508 e. The van der Waals surface area contributed by atoms with Gasteiger partial charge in [-0.25, -0.2) is 4.39 Å². The number of aryl methyl sites for hydroxylation is 1. The molecule has 0 radical (unpaired) electrons. The predicted molar refractivity (Wildman–Crippen MR) is 76.3 cm³/mol. The Balaban J connectivity index is 2.25. The SMILES string of the molecule is CCCc1ccc(C(F)(F)C(F)c2ccc(O)cc2)cc1. The molecule has 0 fully saturated rings. The van der Waals surface area contributed by atoms with E-state index in [1.54, 1.807) is 12.1 Å². The van der Waals surface area contributed by atoms with Crippen molar-refractivity contribution >= 4 is 0 Å². The van der Waals surface area contributed by atoms with Gasteiger partial charge in [-0.2, -0.15) is 8.78 Å². The minimum absolute atomic E-state index is 0.0850. The van der Waals surface area contributed by atoms with Gasteiger partial charge in [0.15, 0.2) is 6.17 Å². The molecule has 0 bridgehead atoms. The third-order valence-electron chi connectivity index (χ3n) is 3.38. The first kappa shape index (κ1) is 15.4. The van der Waals surface area contributed by atoms with Gasteiger partial charge in [0.05, 0.1) is 0 Å². The highest BCUT2D eigenvalue weighted by atomic mass is 19.3. The molecule has 0 aliphatic carbocycles. The summed E-state index contributed by atoms with van der Waals surface area (Å²) in [5.41, 5.74) is 0.454. The first-order valence-electron chi connectivity index (χ1n) is 6.85. The van der Waals surface area contributed by atoms with Crippen molar-refractivity contribution in [2.45, 2.75) is 31.9 Å². The fraction of sp³-hybridized carbons (Fsp3) is 0.294. The molecule has 4 heteroatoms. The summed E-state index contributed by atoms with van der Waals surface area (Å²) in [6.45, 7) is 2.00. The van der Waals surface area contributed by atoms with Crippen molar-refractivity contribution in [2.24, 2.45) is 0 Å². The van der Waals surface area contributed by atoms with Crippen molar-refractivity contribution in [2.75, 3.05) is 0 Å². The van der Waals surface area contributed by atoms with Crippen LogP contribution in [-0.2, 0) is 12.3 Å². The lowest BCUT2D eigenvalue weighted by Crippen LogP contribution is -2.20. The second-order valence-corrected chi connectivity index (χ2v) is 5.02. The van der Waals surface area contributed by atoms with Crippen molar-refractivity contribution in [1.29, 1.82) is 0 Å². The molecule has 1 nitrogen and oxygen atoms in total. The van der Waals surface area contributed by atoms with Gasteiger partial charge in [0.2, 0.25) is 0 Å². The Hall–Kier alpha value is -1.97. The van der Waals surface area contributed by atoms with Crippen LogP contribution in [0.15, 0.2) is 48.5 Å². The summed E-state index contributed by atoms with van der Waals surface area (Å²) in [5, 5.41) is 9.13. The molecule has 0 spiro atoms. The fourth-order valence-electron chi connectivity index (χ4n) is 2.18. The van der Waals surface area contributed by atoms with Crippen molar-refractivity contribution in [3.05, 3.63) is 65.2 Å². The van der Waals surface area contributed by atoms with Gasteiger partial charge in [0, 0.05) is 5.56 Å². The van der Waals surface area contributed by atoms with E-state index in [2.05, 4.69) is 0 Å². The molecule has 1 atom stereocenters. The quantitative estimate of drug-likeness (QED) is 0.808. The van der Waals surface area contributed by atoms with Gasteiger partial charge in [0.1, 0.15) is 5.75 Å². The van der Waals surface area contributed by atoms with E-state index >= 15 is 0 Å². The molecule has 2 rings (SSSR count). The van der Waals surface area contributed by atoms with Gasteiger partial charge in [-0.15, -0.1) is 0 Å². The number of hydrogen-bond acceptors (Lipinski definition) is 1. The van der Waals surface area contributed by atoms with E-state index in [0.29, 0.717) is 0 Å². The maximum atomic E-state index is 14.2. The van der Waals surface area contributed by atoms with Gasteiger partial charge in [-0.05, 0) is 29.7 Å². The third-order valence-corrected chi connectivity index (χ3v) is 3.38. The molecule has 0 aliphatic heterocycles. The lowest BCUT2D eigenvalue weighted by atomic mass is 9.97. The summed E-state index contributed by atoms with van der Waals surface area (Å²) in [6.07, 6.45) is -0.715. The number of hydrogen-bond donors (Lipinski definition) is 1. The topological polar surface area (TPSA) is 20.2 Å². The molecule has 0 aliphatic rings. The molecular weight excluding hydrogens is 277 g/mol. The van der Waals surface area contributed by atoms with Crippen LogP contribution in [0.4, 0.5) is 13.2 Å². The van der Waals surface area contributed by atoms with Gasteiger partial charge in [-0.3, -0.25) is 0 Å². The zero-order valence-corrected chi connectivity index (χ0v) is 11.7. The van der Waals surface area contributed by atoms with Crippen LogP contribution in [-0.4, -0.2) is 5.11 Å². The van der Waals surface area contributed by atoms with E-state index in [0.717, 1.165) is 18.4 Å². The zero-order valence-electron chi connectivity index (χ0n) is 11.7. The molecule has 0 saturated heterocycles. The number of benzene rings is 2. The highest BCUT2D eigenvalue weighted by Gasteiger charge is 2.42. The van der Waals surface area contributed by atoms with Crippen LogP contribution in [0.2, 0.25) is 0 Å². The predicted octanol–water partition coefficient (Wildman–Crippen LogP) is 5.15. The van der Waals surface area contributed by atoms with Gasteiger partial charge in [0.25, 0.3) is 0 Å². The highest BCUT2D eigenvalue weighted by molar-refractivity contribution is 5.32. The molecule has 0 saturated carbocycles. The number of rotatable bonds is 5. The number of alkyl halides is 3. The summed E-state index contributed by atoms with van der Waals surface area (Å²) in [7, 11) is 0. The van der Waals surface area contributed by atoms with E-state index in [1.807, 2.05) is 6.92 Å². The van der Waals surface area contributed by atoms with Crippen molar-refractivity contribution in [1.82, 2.24) is 0 Å². The standard InChI is InChI=1S/C17H17F3O/c1-2-3-12-4-8-14(9-5-12)17(19,20)16(18)13-6-10-15(21)11-7-13/h4-11,16,21H,2-3H2,1H3. The van der Waals surface area contributed by atoms with Gasteiger partial charge >= 0.3 is 5.92 Å². The maximum absolute atomic E-state index is 14.2. The average Bonchev–Trinajstić information content (AvgIpc) is 2.48.